The smallest absolute Gasteiger partial charge is 0.317 e. The molecule has 1 aliphatic carbocycles. The third kappa shape index (κ3) is 5.65. The lowest BCUT2D eigenvalue weighted by Crippen LogP contribution is -2.53. The van der Waals surface area contributed by atoms with Crippen molar-refractivity contribution in [3.63, 3.8) is 0 Å². The summed E-state index contributed by atoms with van der Waals surface area (Å²) < 4.78 is 0. The fourth-order valence-electron chi connectivity index (χ4n) is 3.10. The van der Waals surface area contributed by atoms with Gasteiger partial charge in [0.05, 0.1) is 6.10 Å². The van der Waals surface area contributed by atoms with E-state index in [2.05, 4.69) is 22.3 Å². The molecule has 1 heterocycles. The van der Waals surface area contributed by atoms with E-state index in [9.17, 15) is 9.90 Å². The monoisotopic (exact) mass is 353 g/mol. The summed E-state index contributed by atoms with van der Waals surface area (Å²) in [5.41, 5.74) is 1.24. The molecule has 1 saturated heterocycles. The minimum Gasteiger partial charge on any atom is -0.392 e. The zero-order valence-corrected chi connectivity index (χ0v) is 14.9. The second kappa shape index (κ2) is 9.25. The molecule has 0 aromatic heterocycles. The molecule has 134 valence electrons. The highest BCUT2D eigenvalue weighted by Gasteiger charge is 2.31. The molecule has 2 aliphatic rings. The Balaban J connectivity index is 0.00000208. The van der Waals surface area contributed by atoms with Gasteiger partial charge in [0, 0.05) is 39.3 Å². The summed E-state index contributed by atoms with van der Waals surface area (Å²) in [5, 5.41) is 13.0. The molecule has 2 N–H and O–H groups in total. The predicted molar refractivity (Wildman–Crippen MR) is 97.5 cm³/mol. The summed E-state index contributed by atoms with van der Waals surface area (Å²) in [6.45, 7) is 4.63. The van der Waals surface area contributed by atoms with Crippen LogP contribution in [0.4, 0.5) is 4.79 Å². The van der Waals surface area contributed by atoms with E-state index in [0.29, 0.717) is 12.5 Å². The number of nitrogens with zero attached hydrogens (tertiary/aromatic N) is 2. The number of carbonyl (C=O) groups is 1. The maximum atomic E-state index is 12.2. The van der Waals surface area contributed by atoms with Gasteiger partial charge in [-0.25, -0.2) is 4.79 Å². The molecule has 1 unspecified atom stereocenters. The highest BCUT2D eigenvalue weighted by Crippen LogP contribution is 2.32. The topological polar surface area (TPSA) is 55.8 Å². The van der Waals surface area contributed by atoms with Gasteiger partial charge in [0.15, 0.2) is 0 Å². The number of aliphatic hydroxyl groups is 1. The molecular weight excluding hydrogens is 326 g/mol. The fourth-order valence-corrected chi connectivity index (χ4v) is 3.10. The number of hydrogen-bond donors (Lipinski definition) is 2. The summed E-state index contributed by atoms with van der Waals surface area (Å²) in [4.78, 5) is 16.3. The number of benzene rings is 1. The van der Waals surface area contributed by atoms with Gasteiger partial charge < -0.3 is 15.3 Å². The normalized spacial score (nSPS) is 19.5. The third-order valence-electron chi connectivity index (χ3n) is 4.80. The Morgan fingerprint density at radius 1 is 1.17 bits per heavy atom. The third-order valence-corrected chi connectivity index (χ3v) is 4.80. The van der Waals surface area contributed by atoms with Crippen molar-refractivity contribution in [1.29, 1.82) is 0 Å². The summed E-state index contributed by atoms with van der Waals surface area (Å²) in [7, 11) is 0. The molecule has 1 atom stereocenters. The quantitative estimate of drug-likeness (QED) is 0.819. The van der Waals surface area contributed by atoms with Crippen LogP contribution >= 0.6 is 12.4 Å². The largest absolute Gasteiger partial charge is 0.392 e. The zero-order chi connectivity index (χ0) is 16.1. The minimum atomic E-state index is -0.179. The van der Waals surface area contributed by atoms with Gasteiger partial charge in [-0.3, -0.25) is 4.90 Å². The Bertz CT molecular complexity index is 502. The highest BCUT2D eigenvalue weighted by molar-refractivity contribution is 5.85. The molecule has 0 radical (unpaired) electrons. The average Bonchev–Trinajstić information content (AvgIpc) is 3.41. The number of aliphatic hydroxyl groups excluding tert-OH is 1. The zero-order valence-electron chi connectivity index (χ0n) is 14.1. The number of amides is 2. The van der Waals surface area contributed by atoms with Crippen LogP contribution in [0.3, 0.4) is 0 Å². The SMILES string of the molecule is Cl.O=C(NCCc1ccccc1)N1CCN(CC(O)C2CC2)CC1. The van der Waals surface area contributed by atoms with E-state index in [1.807, 2.05) is 23.1 Å². The van der Waals surface area contributed by atoms with Crippen molar-refractivity contribution in [3.8, 4) is 0 Å². The van der Waals surface area contributed by atoms with Crippen LogP contribution in [-0.2, 0) is 6.42 Å². The summed E-state index contributed by atoms with van der Waals surface area (Å²) in [6, 6.07) is 10.2. The summed E-state index contributed by atoms with van der Waals surface area (Å²) in [6.07, 6.45) is 3.02. The number of rotatable bonds is 6. The lowest BCUT2D eigenvalue weighted by molar-refractivity contribution is 0.0697. The lowest BCUT2D eigenvalue weighted by atomic mass is 10.1. The number of nitrogens with one attached hydrogen (secondary N) is 1. The Labute approximate surface area is 150 Å². The molecule has 0 spiro atoms. The first-order valence-corrected chi connectivity index (χ1v) is 8.69. The number of halogens is 1. The lowest BCUT2D eigenvalue weighted by Gasteiger charge is -2.35. The van der Waals surface area contributed by atoms with Crippen molar-refractivity contribution < 1.29 is 9.90 Å². The predicted octanol–water partition coefficient (Wildman–Crippen LogP) is 1.75. The Hall–Kier alpha value is -1.30. The van der Waals surface area contributed by atoms with Crippen LogP contribution in [0.2, 0.25) is 0 Å². The van der Waals surface area contributed by atoms with Gasteiger partial charge >= 0.3 is 6.03 Å². The Kier molecular flexibility index (Phi) is 7.34. The van der Waals surface area contributed by atoms with Crippen LogP contribution in [0, 0.1) is 5.92 Å². The first-order chi connectivity index (χ1) is 11.2. The first kappa shape index (κ1) is 19.0. The van der Waals surface area contributed by atoms with Crippen LogP contribution in [0.15, 0.2) is 30.3 Å². The molecule has 1 aromatic carbocycles. The van der Waals surface area contributed by atoms with Crippen molar-refractivity contribution in [2.24, 2.45) is 5.92 Å². The van der Waals surface area contributed by atoms with E-state index in [4.69, 9.17) is 0 Å². The van der Waals surface area contributed by atoms with Crippen LogP contribution in [0.25, 0.3) is 0 Å². The maximum absolute atomic E-state index is 12.2. The number of urea groups is 1. The van der Waals surface area contributed by atoms with Crippen LogP contribution < -0.4 is 5.32 Å². The molecule has 2 fully saturated rings. The Morgan fingerprint density at radius 2 is 1.83 bits per heavy atom. The van der Waals surface area contributed by atoms with E-state index in [0.717, 1.165) is 39.1 Å². The van der Waals surface area contributed by atoms with Crippen molar-refractivity contribution in [2.45, 2.75) is 25.4 Å². The van der Waals surface area contributed by atoms with Gasteiger partial charge in [-0.2, -0.15) is 0 Å². The highest BCUT2D eigenvalue weighted by atomic mass is 35.5. The van der Waals surface area contributed by atoms with Crippen LogP contribution in [-0.4, -0.2) is 66.3 Å². The van der Waals surface area contributed by atoms with Gasteiger partial charge in [0.2, 0.25) is 0 Å². The van der Waals surface area contributed by atoms with E-state index >= 15 is 0 Å². The van der Waals surface area contributed by atoms with Crippen LogP contribution in [0.5, 0.6) is 0 Å². The van der Waals surface area contributed by atoms with E-state index in [1.54, 1.807) is 0 Å². The first-order valence-electron chi connectivity index (χ1n) is 8.69. The average molecular weight is 354 g/mol. The van der Waals surface area contributed by atoms with Gasteiger partial charge in [-0.15, -0.1) is 12.4 Å². The molecule has 5 nitrogen and oxygen atoms in total. The van der Waals surface area contributed by atoms with Gasteiger partial charge in [-0.1, -0.05) is 30.3 Å². The molecule has 3 rings (SSSR count). The van der Waals surface area contributed by atoms with Crippen LogP contribution in [0.1, 0.15) is 18.4 Å². The number of hydrogen-bond acceptors (Lipinski definition) is 3. The minimum absolute atomic E-state index is 0. The molecule has 2 amide bonds. The van der Waals surface area contributed by atoms with Crippen molar-refractivity contribution >= 4 is 18.4 Å². The standard InChI is InChI=1S/C18H27N3O2.ClH/c22-17(16-6-7-16)14-20-10-12-21(13-11-20)18(23)19-9-8-15-4-2-1-3-5-15;/h1-5,16-17,22H,6-14H2,(H,19,23);1H. The Morgan fingerprint density at radius 3 is 2.46 bits per heavy atom. The van der Waals surface area contributed by atoms with E-state index in [-0.39, 0.29) is 24.5 Å². The van der Waals surface area contributed by atoms with Crippen molar-refractivity contribution in [1.82, 2.24) is 15.1 Å². The number of piperazine rings is 1. The molecular formula is C18H28ClN3O2. The summed E-state index contributed by atoms with van der Waals surface area (Å²) in [5.74, 6) is 0.523. The maximum Gasteiger partial charge on any atom is 0.317 e. The van der Waals surface area contributed by atoms with Gasteiger partial charge in [0.25, 0.3) is 0 Å². The van der Waals surface area contributed by atoms with Crippen molar-refractivity contribution in [3.05, 3.63) is 35.9 Å². The van der Waals surface area contributed by atoms with Gasteiger partial charge in [0.1, 0.15) is 0 Å². The molecule has 1 saturated carbocycles. The fraction of sp³-hybridized carbons (Fsp3) is 0.611. The molecule has 1 aromatic rings. The summed E-state index contributed by atoms with van der Waals surface area (Å²) >= 11 is 0. The number of β-amino-alcohol motifs (C(OH)–C–C–N with tert-alkyl or cyclic N) is 1. The molecule has 24 heavy (non-hydrogen) atoms. The molecule has 1 aliphatic heterocycles. The van der Waals surface area contributed by atoms with Gasteiger partial charge in [-0.05, 0) is 30.7 Å². The molecule has 0 bridgehead atoms. The second-order valence-corrected chi connectivity index (χ2v) is 6.66. The molecule has 6 heteroatoms. The van der Waals surface area contributed by atoms with E-state index < -0.39 is 0 Å². The number of carbonyl (C=O) groups excluding carboxylic acids is 1. The second-order valence-electron chi connectivity index (χ2n) is 6.66. The van der Waals surface area contributed by atoms with E-state index in [1.165, 1.54) is 18.4 Å². The van der Waals surface area contributed by atoms with Crippen molar-refractivity contribution in [2.75, 3.05) is 39.3 Å².